The predicted molar refractivity (Wildman–Crippen MR) is 114 cm³/mol. The van der Waals surface area contributed by atoms with Gasteiger partial charge >= 0.3 is 11.8 Å². The molecular weight excluding hydrogens is 364 g/mol. The third-order valence-electron chi connectivity index (χ3n) is 4.37. The Balaban J connectivity index is 1.62. The highest BCUT2D eigenvalue weighted by Gasteiger charge is 2.24. The van der Waals surface area contributed by atoms with E-state index in [1.165, 1.54) is 0 Å². The van der Waals surface area contributed by atoms with E-state index in [0.717, 1.165) is 11.3 Å². The van der Waals surface area contributed by atoms with Crippen LogP contribution in [0.3, 0.4) is 0 Å². The Labute approximate surface area is 170 Å². The maximum absolute atomic E-state index is 12.7. The summed E-state index contributed by atoms with van der Waals surface area (Å²) >= 11 is 0. The van der Waals surface area contributed by atoms with Crippen molar-refractivity contribution < 1.29 is 14.3 Å². The molecule has 5 nitrogen and oxygen atoms in total. The molecule has 0 aliphatic rings. The summed E-state index contributed by atoms with van der Waals surface area (Å²) in [6.45, 7) is 4.17. The lowest BCUT2D eigenvalue weighted by atomic mass is 10.2. The lowest BCUT2D eigenvalue weighted by Crippen LogP contribution is -2.43. The van der Waals surface area contributed by atoms with E-state index in [0.29, 0.717) is 18.0 Å². The van der Waals surface area contributed by atoms with Gasteiger partial charge in [0.25, 0.3) is 0 Å². The van der Waals surface area contributed by atoms with Gasteiger partial charge in [-0.3, -0.25) is 9.59 Å². The summed E-state index contributed by atoms with van der Waals surface area (Å²) in [5.74, 6) is 0.154. The van der Waals surface area contributed by atoms with Crippen molar-refractivity contribution in [2.24, 2.45) is 0 Å². The summed E-state index contributed by atoms with van der Waals surface area (Å²) in [5.41, 5.74) is 1.51. The van der Waals surface area contributed by atoms with Crippen molar-refractivity contribution in [1.82, 2.24) is 4.90 Å². The second-order valence-electron chi connectivity index (χ2n) is 6.91. The van der Waals surface area contributed by atoms with Crippen LogP contribution in [0.5, 0.6) is 11.5 Å². The molecule has 0 aromatic heterocycles. The Morgan fingerprint density at radius 1 is 0.828 bits per heavy atom. The molecule has 0 heterocycles. The number of hydrogen-bond acceptors (Lipinski definition) is 3. The molecule has 3 aromatic carbocycles. The first-order chi connectivity index (χ1) is 14.0. The number of ether oxygens (including phenoxy) is 1. The van der Waals surface area contributed by atoms with Crippen LogP contribution < -0.4 is 10.1 Å². The number of carbonyl (C=O) groups is 2. The molecule has 148 valence electrons. The normalized spacial score (nSPS) is 10.4. The van der Waals surface area contributed by atoms with Crippen molar-refractivity contribution >= 4 is 17.5 Å². The summed E-state index contributed by atoms with van der Waals surface area (Å²) in [6.07, 6.45) is 0. The van der Waals surface area contributed by atoms with Gasteiger partial charge in [-0.25, -0.2) is 0 Å². The number of rotatable bonds is 6. The third-order valence-corrected chi connectivity index (χ3v) is 4.37. The van der Waals surface area contributed by atoms with Crippen LogP contribution in [-0.2, 0) is 16.1 Å². The molecular formula is C24H24N2O3. The molecule has 0 unspecified atom stereocenters. The van der Waals surface area contributed by atoms with Gasteiger partial charge in [0.1, 0.15) is 11.5 Å². The molecule has 0 saturated carbocycles. The molecule has 2 amide bonds. The van der Waals surface area contributed by atoms with Crippen molar-refractivity contribution in [3.8, 4) is 11.5 Å². The monoisotopic (exact) mass is 388 g/mol. The molecule has 0 fully saturated rings. The van der Waals surface area contributed by atoms with Gasteiger partial charge < -0.3 is 15.0 Å². The van der Waals surface area contributed by atoms with Gasteiger partial charge in [-0.15, -0.1) is 0 Å². The zero-order chi connectivity index (χ0) is 20.6. The molecule has 29 heavy (non-hydrogen) atoms. The van der Waals surface area contributed by atoms with E-state index in [1.54, 1.807) is 29.2 Å². The van der Waals surface area contributed by atoms with Crippen LogP contribution in [0.4, 0.5) is 5.69 Å². The van der Waals surface area contributed by atoms with Gasteiger partial charge in [0.15, 0.2) is 0 Å². The van der Waals surface area contributed by atoms with Gasteiger partial charge in [-0.1, -0.05) is 48.5 Å². The van der Waals surface area contributed by atoms with Gasteiger partial charge in [0.05, 0.1) is 0 Å². The highest BCUT2D eigenvalue weighted by atomic mass is 16.5. The molecule has 0 aliphatic carbocycles. The zero-order valence-electron chi connectivity index (χ0n) is 16.5. The summed E-state index contributed by atoms with van der Waals surface area (Å²) in [4.78, 5) is 26.7. The number of carbonyl (C=O) groups excluding carboxylic acids is 2. The van der Waals surface area contributed by atoms with Crippen LogP contribution in [0.2, 0.25) is 0 Å². The average molecular weight is 388 g/mol. The second-order valence-corrected chi connectivity index (χ2v) is 6.91. The number of amides is 2. The lowest BCUT2D eigenvalue weighted by molar-refractivity contribution is -0.144. The molecule has 0 radical (unpaired) electrons. The predicted octanol–water partition coefficient (Wildman–Crippen LogP) is 4.85. The lowest BCUT2D eigenvalue weighted by Gasteiger charge is -2.26. The quantitative estimate of drug-likeness (QED) is 0.614. The summed E-state index contributed by atoms with van der Waals surface area (Å²) < 4.78 is 5.73. The zero-order valence-corrected chi connectivity index (χ0v) is 16.5. The van der Waals surface area contributed by atoms with Crippen molar-refractivity contribution in [3.63, 3.8) is 0 Å². The van der Waals surface area contributed by atoms with Crippen molar-refractivity contribution in [1.29, 1.82) is 0 Å². The summed E-state index contributed by atoms with van der Waals surface area (Å²) in [6, 6.07) is 25.9. The van der Waals surface area contributed by atoms with Crippen LogP contribution in [0.1, 0.15) is 19.4 Å². The van der Waals surface area contributed by atoms with E-state index in [2.05, 4.69) is 5.32 Å². The fraction of sp³-hybridized carbons (Fsp3) is 0.167. The molecule has 0 saturated heterocycles. The van der Waals surface area contributed by atoms with E-state index in [4.69, 9.17) is 4.74 Å². The topological polar surface area (TPSA) is 58.6 Å². The minimum absolute atomic E-state index is 0.102. The molecule has 0 bridgehead atoms. The highest BCUT2D eigenvalue weighted by molar-refractivity contribution is 6.39. The minimum atomic E-state index is -0.661. The second kappa shape index (κ2) is 9.55. The average Bonchev–Trinajstić information content (AvgIpc) is 2.74. The van der Waals surface area contributed by atoms with Crippen LogP contribution in [0.25, 0.3) is 0 Å². The Kier molecular flexibility index (Phi) is 6.63. The molecule has 0 atom stereocenters. The number of nitrogens with one attached hydrogen (secondary N) is 1. The highest BCUT2D eigenvalue weighted by Crippen LogP contribution is 2.22. The van der Waals surface area contributed by atoms with Gasteiger partial charge in [0.2, 0.25) is 0 Å². The fourth-order valence-electron chi connectivity index (χ4n) is 2.81. The SMILES string of the molecule is CC(C)N(Cc1ccccc1)C(=O)C(=O)Nc1ccc(Oc2ccccc2)cc1. The first kappa shape index (κ1) is 20.1. The Bertz CT molecular complexity index is 939. The Hall–Kier alpha value is -3.60. The van der Waals surface area contributed by atoms with Crippen LogP contribution in [0.15, 0.2) is 84.9 Å². The molecule has 3 aromatic rings. The number of anilines is 1. The number of hydrogen-bond donors (Lipinski definition) is 1. The molecule has 1 N–H and O–H groups in total. The molecule has 0 spiro atoms. The first-order valence-electron chi connectivity index (χ1n) is 9.52. The summed E-state index contributed by atoms with van der Waals surface area (Å²) in [7, 11) is 0. The Morgan fingerprint density at radius 3 is 1.97 bits per heavy atom. The smallest absolute Gasteiger partial charge is 0.313 e. The van der Waals surface area contributed by atoms with E-state index in [1.807, 2.05) is 74.5 Å². The molecule has 5 heteroatoms. The van der Waals surface area contributed by atoms with Crippen molar-refractivity contribution in [3.05, 3.63) is 90.5 Å². The molecule has 3 rings (SSSR count). The Morgan fingerprint density at radius 2 is 1.38 bits per heavy atom. The van der Waals surface area contributed by atoms with Gasteiger partial charge in [-0.2, -0.15) is 0 Å². The first-order valence-corrected chi connectivity index (χ1v) is 9.52. The standard InChI is InChI=1S/C24H24N2O3/c1-18(2)26(17-19-9-5-3-6-10-19)24(28)23(27)25-20-13-15-22(16-14-20)29-21-11-7-4-8-12-21/h3-16,18H,17H2,1-2H3,(H,25,27). The molecule has 0 aliphatic heterocycles. The number of benzene rings is 3. The van der Waals surface area contributed by atoms with Crippen LogP contribution in [0, 0.1) is 0 Å². The summed E-state index contributed by atoms with van der Waals surface area (Å²) in [5, 5.41) is 2.67. The maximum Gasteiger partial charge on any atom is 0.313 e. The fourth-order valence-corrected chi connectivity index (χ4v) is 2.81. The van der Waals surface area contributed by atoms with E-state index >= 15 is 0 Å². The van der Waals surface area contributed by atoms with Gasteiger partial charge in [0, 0.05) is 18.3 Å². The number of nitrogens with zero attached hydrogens (tertiary/aromatic N) is 1. The van der Waals surface area contributed by atoms with Gasteiger partial charge in [-0.05, 0) is 55.8 Å². The number of para-hydroxylation sites is 1. The maximum atomic E-state index is 12.7. The van der Waals surface area contributed by atoms with Crippen LogP contribution >= 0.6 is 0 Å². The third kappa shape index (κ3) is 5.69. The van der Waals surface area contributed by atoms with Crippen molar-refractivity contribution in [2.75, 3.05) is 5.32 Å². The van der Waals surface area contributed by atoms with Crippen molar-refractivity contribution in [2.45, 2.75) is 26.4 Å². The largest absolute Gasteiger partial charge is 0.457 e. The van der Waals surface area contributed by atoms with E-state index < -0.39 is 11.8 Å². The van der Waals surface area contributed by atoms with Crippen LogP contribution in [-0.4, -0.2) is 22.8 Å². The van der Waals surface area contributed by atoms with E-state index in [9.17, 15) is 9.59 Å². The minimum Gasteiger partial charge on any atom is -0.457 e. The van der Waals surface area contributed by atoms with E-state index in [-0.39, 0.29) is 6.04 Å².